The summed E-state index contributed by atoms with van der Waals surface area (Å²) >= 11 is 5.81. The van der Waals surface area contributed by atoms with Crippen LogP contribution in [0, 0.1) is 5.41 Å². The highest BCUT2D eigenvalue weighted by atomic mass is 35.5. The number of nitrogens with zero attached hydrogens (tertiary/aromatic N) is 1. The standard InChI is InChI=1S/C17H22ClNO/c1-17(2,3)12-16(20)15-11-13-7-4-5-8-14(13)19(15)10-6-9-18/h4-5,7-8,11H,6,9-10,12H2,1-3H3. The molecule has 0 amide bonds. The molecule has 2 rings (SSSR count). The van der Waals surface area contributed by atoms with Gasteiger partial charge in [0.25, 0.3) is 0 Å². The Morgan fingerprint density at radius 1 is 1.25 bits per heavy atom. The highest BCUT2D eigenvalue weighted by Crippen LogP contribution is 2.26. The Balaban J connectivity index is 2.43. The minimum Gasteiger partial charge on any atom is -0.338 e. The smallest absolute Gasteiger partial charge is 0.179 e. The van der Waals surface area contributed by atoms with Crippen molar-refractivity contribution in [1.29, 1.82) is 0 Å². The van der Waals surface area contributed by atoms with E-state index in [0.717, 1.165) is 29.6 Å². The first kappa shape index (κ1) is 15.1. The van der Waals surface area contributed by atoms with Crippen LogP contribution >= 0.6 is 11.6 Å². The highest BCUT2D eigenvalue weighted by molar-refractivity contribution is 6.17. The second kappa shape index (κ2) is 6.01. The van der Waals surface area contributed by atoms with Gasteiger partial charge in [-0.1, -0.05) is 39.0 Å². The summed E-state index contributed by atoms with van der Waals surface area (Å²) in [6.07, 6.45) is 1.43. The van der Waals surface area contributed by atoms with E-state index < -0.39 is 0 Å². The Morgan fingerprint density at radius 3 is 2.60 bits per heavy atom. The fourth-order valence-electron chi connectivity index (χ4n) is 2.47. The number of para-hydroxylation sites is 1. The van der Waals surface area contributed by atoms with E-state index in [2.05, 4.69) is 37.5 Å². The predicted octanol–water partition coefficient (Wildman–Crippen LogP) is 4.89. The molecule has 1 aromatic carbocycles. The minimum absolute atomic E-state index is 0.00481. The minimum atomic E-state index is 0.00481. The molecule has 0 saturated carbocycles. The number of rotatable bonds is 5. The summed E-state index contributed by atoms with van der Waals surface area (Å²) in [4.78, 5) is 12.6. The molecule has 108 valence electrons. The molecule has 3 heteroatoms. The van der Waals surface area contributed by atoms with E-state index in [0.29, 0.717) is 12.3 Å². The number of fused-ring (bicyclic) bond motifs is 1. The van der Waals surface area contributed by atoms with Crippen molar-refractivity contribution in [3.05, 3.63) is 36.0 Å². The molecular formula is C17H22ClNO. The fraction of sp³-hybridized carbons (Fsp3) is 0.471. The molecule has 0 aliphatic carbocycles. The van der Waals surface area contributed by atoms with Gasteiger partial charge < -0.3 is 4.57 Å². The largest absolute Gasteiger partial charge is 0.338 e. The Labute approximate surface area is 125 Å². The third kappa shape index (κ3) is 3.43. The molecule has 0 saturated heterocycles. The van der Waals surface area contributed by atoms with Gasteiger partial charge in [-0.3, -0.25) is 4.79 Å². The van der Waals surface area contributed by atoms with Crippen LogP contribution in [-0.2, 0) is 6.54 Å². The highest BCUT2D eigenvalue weighted by Gasteiger charge is 2.21. The van der Waals surface area contributed by atoms with E-state index in [1.54, 1.807) is 0 Å². The molecule has 0 radical (unpaired) electrons. The van der Waals surface area contributed by atoms with Gasteiger partial charge in [0.15, 0.2) is 5.78 Å². The van der Waals surface area contributed by atoms with Crippen LogP contribution in [0.3, 0.4) is 0 Å². The molecule has 1 heterocycles. The van der Waals surface area contributed by atoms with Gasteiger partial charge in [-0.05, 0) is 24.0 Å². The van der Waals surface area contributed by atoms with Crippen molar-refractivity contribution in [3.63, 3.8) is 0 Å². The summed E-state index contributed by atoms with van der Waals surface area (Å²) in [7, 11) is 0. The van der Waals surface area contributed by atoms with Crippen molar-refractivity contribution in [2.75, 3.05) is 5.88 Å². The SMILES string of the molecule is CC(C)(C)CC(=O)c1cc2ccccc2n1CCCCl. The third-order valence-corrected chi connectivity index (χ3v) is 3.57. The molecular weight excluding hydrogens is 270 g/mol. The molecule has 0 aliphatic rings. The number of benzene rings is 1. The maximum atomic E-state index is 12.6. The molecule has 0 spiro atoms. The fourth-order valence-corrected chi connectivity index (χ4v) is 2.59. The zero-order chi connectivity index (χ0) is 14.8. The number of aromatic nitrogens is 1. The summed E-state index contributed by atoms with van der Waals surface area (Å²) < 4.78 is 2.12. The first-order valence-electron chi connectivity index (χ1n) is 7.10. The van der Waals surface area contributed by atoms with E-state index in [1.165, 1.54) is 0 Å². The van der Waals surface area contributed by atoms with E-state index in [1.807, 2.05) is 18.2 Å². The van der Waals surface area contributed by atoms with Gasteiger partial charge in [0, 0.05) is 29.7 Å². The number of hydrogen-bond acceptors (Lipinski definition) is 1. The van der Waals surface area contributed by atoms with Crippen LogP contribution in [-0.4, -0.2) is 16.2 Å². The third-order valence-electron chi connectivity index (χ3n) is 3.30. The second-order valence-electron chi connectivity index (χ2n) is 6.44. The quantitative estimate of drug-likeness (QED) is 0.568. The molecule has 0 aliphatic heterocycles. The molecule has 0 bridgehead atoms. The first-order valence-corrected chi connectivity index (χ1v) is 7.63. The molecule has 0 unspecified atom stereocenters. The van der Waals surface area contributed by atoms with Crippen LogP contribution in [0.2, 0.25) is 0 Å². The van der Waals surface area contributed by atoms with Crippen molar-refractivity contribution in [3.8, 4) is 0 Å². The topological polar surface area (TPSA) is 22.0 Å². The van der Waals surface area contributed by atoms with Crippen molar-refractivity contribution < 1.29 is 4.79 Å². The van der Waals surface area contributed by atoms with Crippen molar-refractivity contribution >= 4 is 28.3 Å². The summed E-state index contributed by atoms with van der Waals surface area (Å²) in [5.74, 6) is 0.822. The zero-order valence-corrected chi connectivity index (χ0v) is 13.2. The predicted molar refractivity (Wildman–Crippen MR) is 85.7 cm³/mol. The van der Waals surface area contributed by atoms with Crippen LogP contribution < -0.4 is 0 Å². The monoisotopic (exact) mass is 291 g/mol. The normalized spacial score (nSPS) is 12.0. The van der Waals surface area contributed by atoms with E-state index in [-0.39, 0.29) is 11.2 Å². The molecule has 20 heavy (non-hydrogen) atoms. The molecule has 2 aromatic rings. The first-order chi connectivity index (χ1) is 9.42. The average molecular weight is 292 g/mol. The molecule has 0 atom stereocenters. The summed E-state index contributed by atoms with van der Waals surface area (Å²) in [5.41, 5.74) is 1.94. The van der Waals surface area contributed by atoms with Crippen LogP contribution in [0.15, 0.2) is 30.3 Å². The molecule has 0 fully saturated rings. The lowest BCUT2D eigenvalue weighted by Crippen LogP contribution is -2.16. The summed E-state index contributed by atoms with van der Waals surface area (Å²) in [6, 6.07) is 10.2. The average Bonchev–Trinajstić information content (AvgIpc) is 2.73. The van der Waals surface area contributed by atoms with Gasteiger partial charge in [-0.25, -0.2) is 0 Å². The number of hydrogen-bond donors (Lipinski definition) is 0. The zero-order valence-electron chi connectivity index (χ0n) is 12.4. The van der Waals surface area contributed by atoms with Crippen LogP contribution in [0.5, 0.6) is 0 Å². The lowest BCUT2D eigenvalue weighted by molar-refractivity contribution is 0.0931. The van der Waals surface area contributed by atoms with Crippen LogP contribution in [0.4, 0.5) is 0 Å². The van der Waals surface area contributed by atoms with Gasteiger partial charge >= 0.3 is 0 Å². The van der Waals surface area contributed by atoms with E-state index in [4.69, 9.17) is 11.6 Å². The lowest BCUT2D eigenvalue weighted by atomic mass is 9.89. The number of aryl methyl sites for hydroxylation is 1. The number of carbonyl (C=O) groups excluding carboxylic acids is 1. The van der Waals surface area contributed by atoms with Gasteiger partial charge in [-0.15, -0.1) is 11.6 Å². The van der Waals surface area contributed by atoms with Gasteiger partial charge in [-0.2, -0.15) is 0 Å². The molecule has 1 aromatic heterocycles. The lowest BCUT2D eigenvalue weighted by Gasteiger charge is -2.17. The number of halogens is 1. The molecule has 2 nitrogen and oxygen atoms in total. The summed E-state index contributed by atoms with van der Waals surface area (Å²) in [5, 5.41) is 1.12. The van der Waals surface area contributed by atoms with Crippen molar-refractivity contribution in [2.24, 2.45) is 5.41 Å². The number of carbonyl (C=O) groups is 1. The Bertz CT molecular complexity index is 607. The van der Waals surface area contributed by atoms with Gasteiger partial charge in [0.05, 0.1) is 5.69 Å². The Hall–Kier alpha value is -1.28. The Morgan fingerprint density at radius 2 is 1.95 bits per heavy atom. The van der Waals surface area contributed by atoms with E-state index >= 15 is 0 Å². The maximum Gasteiger partial charge on any atom is 0.179 e. The second-order valence-corrected chi connectivity index (χ2v) is 6.82. The Kier molecular flexibility index (Phi) is 4.54. The van der Waals surface area contributed by atoms with E-state index in [9.17, 15) is 4.79 Å². The maximum absolute atomic E-state index is 12.6. The van der Waals surface area contributed by atoms with Crippen molar-refractivity contribution in [1.82, 2.24) is 4.57 Å². The number of alkyl halides is 1. The van der Waals surface area contributed by atoms with Crippen LogP contribution in [0.1, 0.15) is 44.1 Å². The van der Waals surface area contributed by atoms with Crippen molar-refractivity contribution in [2.45, 2.75) is 40.2 Å². The van der Waals surface area contributed by atoms with Gasteiger partial charge in [0.2, 0.25) is 0 Å². The van der Waals surface area contributed by atoms with Gasteiger partial charge in [0.1, 0.15) is 0 Å². The number of Topliss-reactive ketones (excluding diaryl/α,β-unsaturated/α-hetero) is 1. The molecule has 0 N–H and O–H groups in total. The van der Waals surface area contributed by atoms with Crippen LogP contribution in [0.25, 0.3) is 10.9 Å². The summed E-state index contributed by atoms with van der Waals surface area (Å²) in [6.45, 7) is 7.08. The number of ketones is 1.